The fraction of sp³-hybridized carbons (Fsp3) is 0.400. The highest BCUT2D eigenvalue weighted by atomic mass is 35.5. The first kappa shape index (κ1) is 19.4. The molecule has 3 rings (SSSR count). The summed E-state index contributed by atoms with van der Waals surface area (Å²) < 4.78 is 2.08. The Morgan fingerprint density at radius 3 is 2.57 bits per heavy atom. The SMILES string of the molecule is CCC(N)C(=O)N1CCn2c(nnc2-c2ccccc2)C1.Cl.Cl. The van der Waals surface area contributed by atoms with Gasteiger partial charge in [-0.25, -0.2) is 0 Å². The van der Waals surface area contributed by atoms with Gasteiger partial charge in [0.2, 0.25) is 5.91 Å². The zero-order chi connectivity index (χ0) is 14.8. The van der Waals surface area contributed by atoms with Crippen LogP contribution in [0.3, 0.4) is 0 Å². The Labute approximate surface area is 147 Å². The molecule has 0 aliphatic carbocycles. The summed E-state index contributed by atoms with van der Waals surface area (Å²) in [6.07, 6.45) is 0.650. The minimum Gasteiger partial charge on any atom is -0.332 e. The Hall–Kier alpha value is -1.63. The third-order valence-corrected chi connectivity index (χ3v) is 3.85. The second kappa shape index (κ2) is 8.29. The van der Waals surface area contributed by atoms with Gasteiger partial charge in [-0.2, -0.15) is 0 Å². The molecule has 1 atom stereocenters. The van der Waals surface area contributed by atoms with Gasteiger partial charge in [0.1, 0.15) is 0 Å². The molecule has 0 saturated heterocycles. The van der Waals surface area contributed by atoms with Gasteiger partial charge >= 0.3 is 0 Å². The number of fused-ring (bicyclic) bond motifs is 1. The predicted octanol–water partition coefficient (Wildman–Crippen LogP) is 1.87. The quantitative estimate of drug-likeness (QED) is 0.909. The molecule has 2 N–H and O–H groups in total. The lowest BCUT2D eigenvalue weighted by molar-refractivity contribution is -0.134. The van der Waals surface area contributed by atoms with E-state index in [1.807, 2.05) is 37.3 Å². The number of aromatic nitrogens is 3. The van der Waals surface area contributed by atoms with Gasteiger partial charge in [-0.15, -0.1) is 35.0 Å². The second-order valence-corrected chi connectivity index (χ2v) is 5.23. The molecule has 0 radical (unpaired) electrons. The van der Waals surface area contributed by atoms with Crippen LogP contribution in [0.15, 0.2) is 30.3 Å². The van der Waals surface area contributed by atoms with Gasteiger partial charge in [0, 0.05) is 18.7 Å². The Bertz CT molecular complexity index is 647. The topological polar surface area (TPSA) is 77.0 Å². The Morgan fingerprint density at radius 2 is 1.91 bits per heavy atom. The molecular formula is C15H21Cl2N5O. The van der Waals surface area contributed by atoms with Crippen molar-refractivity contribution in [3.63, 3.8) is 0 Å². The first-order valence-corrected chi connectivity index (χ1v) is 7.22. The number of nitrogens with zero attached hydrogens (tertiary/aromatic N) is 4. The standard InChI is InChI=1S/C15H19N5O.2ClH/c1-2-12(16)15(21)19-8-9-20-13(10-19)17-18-14(20)11-6-4-3-5-7-11;;/h3-7,12H,2,8-10,16H2,1H3;2*1H. The van der Waals surface area contributed by atoms with Gasteiger partial charge < -0.3 is 15.2 Å². The monoisotopic (exact) mass is 357 g/mol. The maximum atomic E-state index is 12.2. The van der Waals surface area contributed by atoms with Crippen molar-refractivity contribution in [2.24, 2.45) is 5.73 Å². The predicted molar refractivity (Wildman–Crippen MR) is 93.6 cm³/mol. The first-order valence-electron chi connectivity index (χ1n) is 7.22. The fourth-order valence-corrected chi connectivity index (χ4v) is 2.56. The van der Waals surface area contributed by atoms with E-state index in [2.05, 4.69) is 14.8 Å². The Kier molecular flexibility index (Phi) is 7.00. The first-order chi connectivity index (χ1) is 10.2. The molecule has 6 nitrogen and oxygen atoms in total. The summed E-state index contributed by atoms with van der Waals surface area (Å²) in [5.41, 5.74) is 6.87. The van der Waals surface area contributed by atoms with Crippen molar-refractivity contribution in [3.05, 3.63) is 36.2 Å². The maximum absolute atomic E-state index is 12.2. The summed E-state index contributed by atoms with van der Waals surface area (Å²) in [5, 5.41) is 8.50. The minimum absolute atomic E-state index is 0. The molecule has 126 valence electrons. The van der Waals surface area contributed by atoms with Crippen molar-refractivity contribution in [3.8, 4) is 11.4 Å². The average molecular weight is 358 g/mol. The second-order valence-electron chi connectivity index (χ2n) is 5.23. The van der Waals surface area contributed by atoms with Crippen LogP contribution in [-0.2, 0) is 17.9 Å². The van der Waals surface area contributed by atoms with Gasteiger partial charge in [-0.1, -0.05) is 37.3 Å². The molecule has 0 spiro atoms. The highest BCUT2D eigenvalue weighted by Crippen LogP contribution is 2.21. The average Bonchev–Trinajstić information content (AvgIpc) is 2.97. The molecule has 0 saturated carbocycles. The summed E-state index contributed by atoms with van der Waals surface area (Å²) in [7, 11) is 0. The van der Waals surface area contributed by atoms with Gasteiger partial charge in [0.15, 0.2) is 11.6 Å². The molecule has 1 unspecified atom stereocenters. The number of halogens is 2. The van der Waals surface area contributed by atoms with Gasteiger partial charge in [0.05, 0.1) is 12.6 Å². The molecular weight excluding hydrogens is 337 g/mol. The highest BCUT2D eigenvalue weighted by molar-refractivity contribution is 5.85. The van der Waals surface area contributed by atoms with Crippen molar-refractivity contribution in [1.82, 2.24) is 19.7 Å². The molecule has 1 aromatic carbocycles. The zero-order valence-electron chi connectivity index (χ0n) is 12.9. The van der Waals surface area contributed by atoms with Gasteiger partial charge in [-0.05, 0) is 6.42 Å². The van der Waals surface area contributed by atoms with Crippen LogP contribution in [0, 0.1) is 0 Å². The van der Waals surface area contributed by atoms with Crippen molar-refractivity contribution in [2.45, 2.75) is 32.5 Å². The third kappa shape index (κ3) is 3.83. The number of amides is 1. The Balaban J connectivity index is 0.00000132. The lowest BCUT2D eigenvalue weighted by Crippen LogP contribution is -2.46. The van der Waals surface area contributed by atoms with Crippen molar-refractivity contribution >= 4 is 30.7 Å². The molecule has 2 aromatic rings. The molecule has 8 heteroatoms. The molecule has 0 bridgehead atoms. The molecule has 1 amide bonds. The number of nitrogens with two attached hydrogens (primary N) is 1. The molecule has 23 heavy (non-hydrogen) atoms. The third-order valence-electron chi connectivity index (χ3n) is 3.85. The van der Waals surface area contributed by atoms with Crippen molar-refractivity contribution < 1.29 is 4.79 Å². The normalized spacial score (nSPS) is 14.3. The Morgan fingerprint density at radius 1 is 1.22 bits per heavy atom. The summed E-state index contributed by atoms with van der Waals surface area (Å²) >= 11 is 0. The minimum atomic E-state index is -0.423. The zero-order valence-corrected chi connectivity index (χ0v) is 14.5. The van der Waals surface area contributed by atoms with Crippen LogP contribution in [0.4, 0.5) is 0 Å². The van der Waals surface area contributed by atoms with Crippen LogP contribution >= 0.6 is 24.8 Å². The number of carbonyl (C=O) groups excluding carboxylic acids is 1. The molecule has 1 aliphatic rings. The largest absolute Gasteiger partial charge is 0.332 e. The van der Waals surface area contributed by atoms with Gasteiger partial charge in [-0.3, -0.25) is 4.79 Å². The van der Waals surface area contributed by atoms with Crippen LogP contribution in [0.25, 0.3) is 11.4 Å². The van der Waals surface area contributed by atoms with Crippen LogP contribution in [0.1, 0.15) is 19.2 Å². The lowest BCUT2D eigenvalue weighted by atomic mass is 10.2. The molecule has 1 aromatic heterocycles. The summed E-state index contributed by atoms with van der Waals surface area (Å²) in [6, 6.07) is 9.55. The van der Waals surface area contributed by atoms with E-state index in [9.17, 15) is 4.79 Å². The smallest absolute Gasteiger partial charge is 0.239 e. The van der Waals surface area contributed by atoms with Crippen LogP contribution < -0.4 is 5.73 Å². The van der Waals surface area contributed by atoms with Crippen molar-refractivity contribution in [2.75, 3.05) is 6.54 Å². The lowest BCUT2D eigenvalue weighted by Gasteiger charge is -2.29. The van der Waals surface area contributed by atoms with E-state index in [4.69, 9.17) is 5.73 Å². The fourth-order valence-electron chi connectivity index (χ4n) is 2.56. The maximum Gasteiger partial charge on any atom is 0.239 e. The van der Waals surface area contributed by atoms with E-state index in [1.165, 1.54) is 0 Å². The van der Waals surface area contributed by atoms with Crippen molar-refractivity contribution in [1.29, 1.82) is 0 Å². The molecule has 2 heterocycles. The summed E-state index contributed by atoms with van der Waals surface area (Å²) in [5.74, 6) is 1.67. The number of hydrogen-bond donors (Lipinski definition) is 1. The van der Waals surface area contributed by atoms with Crippen LogP contribution in [0.5, 0.6) is 0 Å². The van der Waals surface area contributed by atoms with E-state index < -0.39 is 6.04 Å². The van der Waals surface area contributed by atoms with E-state index in [0.717, 1.165) is 17.2 Å². The van der Waals surface area contributed by atoms with E-state index in [-0.39, 0.29) is 30.7 Å². The molecule has 1 aliphatic heterocycles. The van der Waals surface area contributed by atoms with E-state index in [0.29, 0.717) is 26.1 Å². The van der Waals surface area contributed by atoms with E-state index >= 15 is 0 Å². The van der Waals surface area contributed by atoms with E-state index in [1.54, 1.807) is 4.90 Å². The summed E-state index contributed by atoms with van der Waals surface area (Å²) in [6.45, 7) is 3.75. The number of carbonyl (C=O) groups is 1. The number of rotatable bonds is 3. The number of hydrogen-bond acceptors (Lipinski definition) is 4. The molecule has 0 fully saturated rings. The summed E-state index contributed by atoms with van der Waals surface area (Å²) in [4.78, 5) is 13.9. The van der Waals surface area contributed by atoms with Crippen LogP contribution in [0.2, 0.25) is 0 Å². The highest BCUT2D eigenvalue weighted by Gasteiger charge is 2.27. The van der Waals surface area contributed by atoms with Gasteiger partial charge in [0.25, 0.3) is 0 Å². The van der Waals surface area contributed by atoms with Crippen LogP contribution in [-0.4, -0.2) is 38.2 Å². The number of benzene rings is 1.